The molecule has 0 radical (unpaired) electrons. The zero-order chi connectivity index (χ0) is 19.4. The summed E-state index contributed by atoms with van der Waals surface area (Å²) in [5.74, 6) is -1.00. The van der Waals surface area contributed by atoms with Crippen molar-refractivity contribution in [3.63, 3.8) is 0 Å². The number of aromatic hydroxyl groups is 1. The molecule has 1 amide bonds. The molecule has 0 aliphatic rings. The molecule has 1 aromatic heterocycles. The highest BCUT2D eigenvalue weighted by atomic mass is 16.5. The van der Waals surface area contributed by atoms with Crippen molar-refractivity contribution in [3.05, 3.63) is 77.2 Å². The molecule has 0 unspecified atom stereocenters. The number of carboxylic acid groups (broad SMARTS) is 1. The predicted molar refractivity (Wildman–Crippen MR) is 97.2 cm³/mol. The molecule has 0 fully saturated rings. The number of phenols is 1. The number of ether oxygens (including phenoxy) is 1. The van der Waals surface area contributed by atoms with Gasteiger partial charge >= 0.3 is 5.97 Å². The maximum absolute atomic E-state index is 12.2. The Balaban J connectivity index is 1.63. The molecule has 0 spiro atoms. The summed E-state index contributed by atoms with van der Waals surface area (Å²) < 4.78 is 11.1. The predicted octanol–water partition coefficient (Wildman–Crippen LogP) is 3.82. The van der Waals surface area contributed by atoms with E-state index in [1.807, 2.05) is 31.2 Å². The molecular weight excluding hydrogens is 350 g/mol. The Morgan fingerprint density at radius 1 is 1.07 bits per heavy atom. The highest BCUT2D eigenvalue weighted by Gasteiger charge is 2.15. The quantitative estimate of drug-likeness (QED) is 0.572. The molecule has 0 bridgehead atoms. The molecule has 0 atom stereocenters. The van der Waals surface area contributed by atoms with E-state index in [1.165, 1.54) is 24.3 Å². The van der Waals surface area contributed by atoms with Crippen molar-refractivity contribution in [2.45, 2.75) is 13.5 Å². The fourth-order valence-electron chi connectivity index (χ4n) is 2.34. The Kier molecular flexibility index (Phi) is 5.12. The summed E-state index contributed by atoms with van der Waals surface area (Å²) in [7, 11) is 0. The van der Waals surface area contributed by atoms with Gasteiger partial charge in [-0.05, 0) is 49.4 Å². The number of aromatic carboxylic acids is 1. The average molecular weight is 367 g/mol. The van der Waals surface area contributed by atoms with E-state index in [4.69, 9.17) is 14.3 Å². The lowest BCUT2D eigenvalue weighted by Crippen LogP contribution is -2.11. The molecule has 3 rings (SSSR count). The van der Waals surface area contributed by atoms with Crippen molar-refractivity contribution in [1.82, 2.24) is 0 Å². The molecule has 7 heteroatoms. The van der Waals surface area contributed by atoms with Gasteiger partial charge in [-0.25, -0.2) is 4.79 Å². The number of nitrogens with one attached hydrogen (secondary N) is 1. The van der Waals surface area contributed by atoms with E-state index >= 15 is 0 Å². The fourth-order valence-corrected chi connectivity index (χ4v) is 2.34. The molecule has 0 saturated heterocycles. The lowest BCUT2D eigenvalue weighted by atomic mass is 10.2. The van der Waals surface area contributed by atoms with Gasteiger partial charge in [0.2, 0.25) is 0 Å². The molecule has 0 aliphatic heterocycles. The minimum Gasteiger partial charge on any atom is -0.507 e. The van der Waals surface area contributed by atoms with Crippen LogP contribution in [0.1, 0.15) is 32.2 Å². The molecule has 3 N–H and O–H groups in total. The van der Waals surface area contributed by atoms with Gasteiger partial charge in [0.05, 0.1) is 0 Å². The second-order valence-electron chi connectivity index (χ2n) is 5.86. The van der Waals surface area contributed by atoms with Gasteiger partial charge in [0.25, 0.3) is 5.91 Å². The Morgan fingerprint density at radius 3 is 2.52 bits per heavy atom. The van der Waals surface area contributed by atoms with Crippen molar-refractivity contribution in [2.75, 3.05) is 5.32 Å². The molecule has 7 nitrogen and oxygen atoms in total. The number of benzene rings is 2. The molecule has 1 heterocycles. The van der Waals surface area contributed by atoms with Gasteiger partial charge < -0.3 is 24.7 Å². The van der Waals surface area contributed by atoms with Crippen LogP contribution in [-0.4, -0.2) is 22.1 Å². The topological polar surface area (TPSA) is 109 Å². The Morgan fingerprint density at radius 2 is 1.81 bits per heavy atom. The number of carbonyl (C=O) groups excluding carboxylic acids is 1. The summed E-state index contributed by atoms with van der Waals surface area (Å²) in [6.07, 6.45) is 0. The number of rotatable bonds is 6. The van der Waals surface area contributed by atoms with Crippen LogP contribution >= 0.6 is 0 Å². The third-order valence-corrected chi connectivity index (χ3v) is 3.77. The van der Waals surface area contributed by atoms with Crippen LogP contribution in [0.4, 0.5) is 5.69 Å². The van der Waals surface area contributed by atoms with Gasteiger partial charge in [-0.1, -0.05) is 17.7 Å². The summed E-state index contributed by atoms with van der Waals surface area (Å²) in [5, 5.41) is 21.0. The highest BCUT2D eigenvalue weighted by molar-refractivity contribution is 6.03. The molecule has 138 valence electrons. The number of hydrogen-bond acceptors (Lipinski definition) is 5. The molecule has 0 saturated carbocycles. The largest absolute Gasteiger partial charge is 0.507 e. The van der Waals surface area contributed by atoms with Crippen LogP contribution in [0.15, 0.2) is 59.0 Å². The summed E-state index contributed by atoms with van der Waals surface area (Å²) >= 11 is 0. The molecule has 3 aromatic rings. The summed E-state index contributed by atoms with van der Waals surface area (Å²) in [5.41, 5.74) is 1.04. The second-order valence-corrected chi connectivity index (χ2v) is 5.86. The number of aryl methyl sites for hydroxylation is 1. The van der Waals surface area contributed by atoms with E-state index in [1.54, 1.807) is 6.07 Å². The third kappa shape index (κ3) is 4.46. The maximum Gasteiger partial charge on any atom is 0.339 e. The highest BCUT2D eigenvalue weighted by Crippen LogP contribution is 2.22. The van der Waals surface area contributed by atoms with Crippen LogP contribution in [0, 0.1) is 6.92 Å². The minimum atomic E-state index is -1.29. The number of amides is 1. The van der Waals surface area contributed by atoms with Crippen LogP contribution < -0.4 is 10.1 Å². The molecule has 2 aromatic carbocycles. The number of anilines is 1. The average Bonchev–Trinajstić information content (AvgIpc) is 3.12. The van der Waals surface area contributed by atoms with E-state index in [9.17, 15) is 14.7 Å². The summed E-state index contributed by atoms with van der Waals surface area (Å²) in [4.78, 5) is 23.3. The number of furan rings is 1. The Bertz CT molecular complexity index is 974. The van der Waals surface area contributed by atoms with E-state index in [0.29, 0.717) is 11.5 Å². The van der Waals surface area contributed by atoms with Crippen molar-refractivity contribution in [2.24, 2.45) is 0 Å². The van der Waals surface area contributed by atoms with Crippen LogP contribution in [0.3, 0.4) is 0 Å². The van der Waals surface area contributed by atoms with Crippen LogP contribution in [0.2, 0.25) is 0 Å². The van der Waals surface area contributed by atoms with Gasteiger partial charge in [0.1, 0.15) is 29.4 Å². The maximum atomic E-state index is 12.2. The Labute approximate surface area is 154 Å². The first kappa shape index (κ1) is 18.1. The Hall–Kier alpha value is -3.74. The molecular formula is C20H17NO6. The zero-order valence-corrected chi connectivity index (χ0v) is 14.4. The SMILES string of the molecule is Cc1ccc(OCc2ccc(C(=O)Nc3ccc(O)c(C(=O)O)c3)o2)cc1. The van der Waals surface area contributed by atoms with E-state index < -0.39 is 11.9 Å². The smallest absolute Gasteiger partial charge is 0.339 e. The fraction of sp³-hybridized carbons (Fsp3) is 0.100. The standard InChI is InChI=1S/C20H17NO6/c1-12-2-5-14(6-3-12)26-11-15-7-9-18(27-15)19(23)21-13-4-8-17(22)16(10-13)20(24)25/h2-10,22H,11H2,1H3,(H,21,23)(H,24,25). The third-order valence-electron chi connectivity index (χ3n) is 3.77. The van der Waals surface area contributed by atoms with E-state index in [-0.39, 0.29) is 29.4 Å². The number of carbonyl (C=O) groups is 2. The van der Waals surface area contributed by atoms with Crippen molar-refractivity contribution < 1.29 is 29.0 Å². The number of hydrogen-bond donors (Lipinski definition) is 3. The molecule has 27 heavy (non-hydrogen) atoms. The monoisotopic (exact) mass is 367 g/mol. The van der Waals surface area contributed by atoms with E-state index in [2.05, 4.69) is 5.32 Å². The first-order chi connectivity index (χ1) is 12.9. The van der Waals surface area contributed by atoms with Gasteiger partial charge in [0.15, 0.2) is 5.76 Å². The zero-order valence-electron chi connectivity index (χ0n) is 14.4. The lowest BCUT2D eigenvalue weighted by Gasteiger charge is -2.06. The molecule has 0 aliphatic carbocycles. The van der Waals surface area contributed by atoms with Gasteiger partial charge in [-0.15, -0.1) is 0 Å². The van der Waals surface area contributed by atoms with Crippen LogP contribution in [0.5, 0.6) is 11.5 Å². The van der Waals surface area contributed by atoms with Gasteiger partial charge in [0, 0.05) is 5.69 Å². The van der Waals surface area contributed by atoms with Crippen LogP contribution in [0.25, 0.3) is 0 Å². The van der Waals surface area contributed by atoms with Gasteiger partial charge in [-0.3, -0.25) is 4.79 Å². The lowest BCUT2D eigenvalue weighted by molar-refractivity contribution is 0.0693. The van der Waals surface area contributed by atoms with Crippen molar-refractivity contribution in [3.8, 4) is 11.5 Å². The first-order valence-electron chi connectivity index (χ1n) is 8.08. The van der Waals surface area contributed by atoms with E-state index in [0.717, 1.165) is 5.56 Å². The second kappa shape index (κ2) is 7.65. The van der Waals surface area contributed by atoms with Crippen molar-refractivity contribution >= 4 is 17.6 Å². The minimum absolute atomic E-state index is 0.0578. The number of carboxylic acids is 1. The summed E-state index contributed by atoms with van der Waals surface area (Å²) in [6.45, 7) is 2.15. The van der Waals surface area contributed by atoms with Gasteiger partial charge in [-0.2, -0.15) is 0 Å². The van der Waals surface area contributed by atoms with Crippen LogP contribution in [-0.2, 0) is 6.61 Å². The van der Waals surface area contributed by atoms with Crippen molar-refractivity contribution in [1.29, 1.82) is 0 Å². The normalized spacial score (nSPS) is 10.4. The summed E-state index contributed by atoms with van der Waals surface area (Å²) in [6, 6.07) is 14.4. The first-order valence-corrected chi connectivity index (χ1v) is 8.08.